The topological polar surface area (TPSA) is 429 Å². The molecule has 24 nitrogen and oxygen atoms in total. The Morgan fingerprint density at radius 1 is 0.635 bits per heavy atom. The number of unbranched alkanes of at least 4 members (excludes halogenated alkanes) is 5. The Kier molecular flexibility index (Phi) is 36.8. The smallest absolute Gasteiger partial charge is 0.243 e. The summed E-state index contributed by atoms with van der Waals surface area (Å²) in [7, 11) is 0. The summed E-state index contributed by atoms with van der Waals surface area (Å²) < 4.78 is 0. The van der Waals surface area contributed by atoms with Crippen LogP contribution in [0.25, 0.3) is 0 Å². The lowest BCUT2D eigenvalue weighted by atomic mass is 9.91. The van der Waals surface area contributed by atoms with E-state index in [9.17, 15) is 53.1 Å². The minimum absolute atomic E-state index is 0.0164. The summed E-state index contributed by atoms with van der Waals surface area (Å²) in [4.78, 5) is 142. The summed E-state index contributed by atoms with van der Waals surface area (Å²) >= 11 is 0. The predicted molar refractivity (Wildman–Crippen MR) is 327 cm³/mol. The number of nitrogens with two attached hydrogens (primary N) is 5. The van der Waals surface area contributed by atoms with Crippen LogP contribution in [0.3, 0.4) is 0 Å². The highest BCUT2D eigenvalue weighted by molar-refractivity contribution is 5.98. The molecule has 0 spiro atoms. The van der Waals surface area contributed by atoms with Gasteiger partial charge in [0.25, 0.3) is 0 Å². The molecule has 0 aromatic heterocycles. The first-order chi connectivity index (χ1) is 40.4. The molecule has 10 atom stereocenters. The Morgan fingerprint density at radius 2 is 1.19 bits per heavy atom. The number of amides is 7. The van der Waals surface area contributed by atoms with E-state index in [-0.39, 0.29) is 132 Å². The molecule has 0 unspecified atom stereocenters. The van der Waals surface area contributed by atoms with Crippen molar-refractivity contribution in [1.29, 1.82) is 5.41 Å². The molecule has 24 heteroatoms. The van der Waals surface area contributed by atoms with Crippen molar-refractivity contribution in [2.24, 2.45) is 52.3 Å². The van der Waals surface area contributed by atoms with Crippen LogP contribution in [0.2, 0.25) is 0 Å². The van der Waals surface area contributed by atoms with E-state index in [0.717, 1.165) is 32.1 Å². The van der Waals surface area contributed by atoms with Gasteiger partial charge >= 0.3 is 0 Å². The van der Waals surface area contributed by atoms with Gasteiger partial charge in [0.05, 0.1) is 24.0 Å². The lowest BCUT2D eigenvalue weighted by Gasteiger charge is -2.28. The van der Waals surface area contributed by atoms with E-state index >= 15 is 0 Å². The predicted octanol–water partition coefficient (Wildman–Crippen LogP) is 1.62. The largest absolute Gasteiger partial charge is 0.393 e. The molecule has 2 rings (SSSR count). The van der Waals surface area contributed by atoms with Crippen LogP contribution in [0.15, 0.2) is 30.3 Å². The molecule has 0 saturated carbocycles. The zero-order valence-corrected chi connectivity index (χ0v) is 51.3. The van der Waals surface area contributed by atoms with Crippen molar-refractivity contribution < 1.29 is 53.1 Å². The number of hydrogen-bond acceptors (Lipinski definition) is 16. The highest BCUT2D eigenvalue weighted by atomic mass is 16.3. The van der Waals surface area contributed by atoms with Gasteiger partial charge in [-0.15, -0.1) is 0 Å². The molecule has 1 aliphatic heterocycles. The van der Waals surface area contributed by atoms with Crippen LogP contribution >= 0.6 is 0 Å². The lowest BCUT2D eigenvalue weighted by molar-refractivity contribution is -0.136. The molecule has 19 N–H and O–H groups in total. The second kappa shape index (κ2) is 41.8. The van der Waals surface area contributed by atoms with Crippen molar-refractivity contribution in [3.8, 4) is 0 Å². The van der Waals surface area contributed by atoms with Crippen LogP contribution in [0, 0.1) is 29.1 Å². The molecule has 1 aromatic carbocycles. The fraction of sp³-hybridized carbons (Fsp3) is 0.721. The first-order valence-corrected chi connectivity index (χ1v) is 31.0. The van der Waals surface area contributed by atoms with Crippen LogP contribution < -0.4 is 65.9 Å². The average molecular weight is 1200 g/mol. The fourth-order valence-corrected chi connectivity index (χ4v) is 10.3. The fourth-order valence-electron chi connectivity index (χ4n) is 10.3. The molecule has 7 amide bonds. The van der Waals surface area contributed by atoms with Crippen LogP contribution in [0.4, 0.5) is 0 Å². The molecule has 1 aromatic rings. The van der Waals surface area contributed by atoms with Gasteiger partial charge in [-0.2, -0.15) is 0 Å². The lowest BCUT2D eigenvalue weighted by Crippen LogP contribution is -2.59. The Labute approximate surface area is 503 Å². The number of amidine groups is 1. The quantitative estimate of drug-likeness (QED) is 0.0265. The van der Waals surface area contributed by atoms with Crippen molar-refractivity contribution in [3.05, 3.63) is 35.9 Å². The highest BCUT2D eigenvalue weighted by Gasteiger charge is 2.36. The first-order valence-electron chi connectivity index (χ1n) is 31.0. The number of aliphatic hydroxyl groups excluding tert-OH is 1. The molecule has 0 radical (unpaired) electrons. The maximum Gasteiger partial charge on any atom is 0.243 e. The summed E-state index contributed by atoms with van der Waals surface area (Å²) in [6, 6.07) is 0.0754. The minimum Gasteiger partial charge on any atom is -0.393 e. The summed E-state index contributed by atoms with van der Waals surface area (Å²) in [6.45, 7) is 9.03. The van der Waals surface area contributed by atoms with Crippen molar-refractivity contribution >= 4 is 64.5 Å². The summed E-state index contributed by atoms with van der Waals surface area (Å²) in [5, 5.41) is 37.5. The number of Topliss-reactive ketones (excluding diaryl/α,β-unsaturated/α-hetero) is 3. The van der Waals surface area contributed by atoms with E-state index in [1.54, 1.807) is 30.3 Å². The first kappa shape index (κ1) is 74.9. The maximum atomic E-state index is 14.6. The van der Waals surface area contributed by atoms with E-state index < -0.39 is 114 Å². The van der Waals surface area contributed by atoms with E-state index in [4.69, 9.17) is 34.1 Å². The normalized spacial score (nSPS) is 22.0. The van der Waals surface area contributed by atoms with Gasteiger partial charge in [0.2, 0.25) is 41.4 Å². The number of rotatable bonds is 34. The summed E-state index contributed by atoms with van der Waals surface area (Å²) in [5.74, 6) is -8.96. The number of hydrogen-bond donors (Lipinski definition) is 14. The van der Waals surface area contributed by atoms with Crippen LogP contribution in [0.5, 0.6) is 0 Å². The third kappa shape index (κ3) is 30.6. The molecular formula is C61H105N13O11. The van der Waals surface area contributed by atoms with Gasteiger partial charge in [0, 0.05) is 56.9 Å². The van der Waals surface area contributed by atoms with Gasteiger partial charge in [-0.1, -0.05) is 103 Å². The van der Waals surface area contributed by atoms with Crippen LogP contribution in [-0.2, 0) is 54.4 Å². The molecule has 1 saturated heterocycles. The van der Waals surface area contributed by atoms with Gasteiger partial charge in [-0.05, 0) is 108 Å². The third-order valence-corrected chi connectivity index (χ3v) is 15.1. The molecule has 0 bridgehead atoms. The molecular weight excluding hydrogens is 1090 g/mol. The Morgan fingerprint density at radius 3 is 1.78 bits per heavy atom. The molecule has 1 fully saturated rings. The van der Waals surface area contributed by atoms with Crippen molar-refractivity contribution in [1.82, 2.24) is 37.2 Å². The number of ketones is 3. The van der Waals surface area contributed by atoms with Crippen LogP contribution in [-0.4, -0.2) is 144 Å². The van der Waals surface area contributed by atoms with Gasteiger partial charge in [-0.25, -0.2) is 0 Å². The van der Waals surface area contributed by atoms with Crippen molar-refractivity contribution in [2.75, 3.05) is 26.2 Å². The molecule has 85 heavy (non-hydrogen) atoms. The summed E-state index contributed by atoms with van der Waals surface area (Å²) in [5.41, 5.74) is 30.3. The standard InChI is InChI=1S/C61H105N13O11/c1-6-7-8-9-13-19-43(75)37-44(76)35-41(24-28-62)55(79)69-46-27-31-68-57(81)49(32-38(2)3)73-59(83)48(26-30-64)71-58(82)47(21-16-22-52(77)45(65)20-14-15-23-54(66)67)70-60(84)50(33-39(4)5)74-61(85)51(34-40-17-11-10-12-18-40)72-56(80)42(25-29-63)36-53(46)78/h10-12,17-18,38-39,41-43,45-51,75H,6-9,13-16,19-37,62-65H2,1-5H3,(H3,66,67)(H,68,81)(H,69,79)(H,70,84)(H,71,82)(H,72,80)(H,73,83)(H,74,85)/t41-,42+,43+,45-,46-,47-,48-,49-,50-,51+/m0/s1. The zero-order valence-electron chi connectivity index (χ0n) is 51.3. The summed E-state index contributed by atoms with van der Waals surface area (Å²) in [6.07, 6.45) is 5.02. The Hall–Kier alpha value is -6.21. The van der Waals surface area contributed by atoms with Gasteiger partial charge in [0.1, 0.15) is 41.8 Å². The number of nitrogens with one attached hydrogen (secondary N) is 8. The maximum absolute atomic E-state index is 14.6. The molecule has 1 aliphatic rings. The van der Waals surface area contributed by atoms with Gasteiger partial charge < -0.3 is 71.0 Å². The van der Waals surface area contributed by atoms with E-state index in [0.29, 0.717) is 37.7 Å². The van der Waals surface area contributed by atoms with E-state index in [1.165, 1.54) is 0 Å². The monoisotopic (exact) mass is 1200 g/mol. The molecule has 0 aliphatic carbocycles. The number of carbonyl (C=O) groups is 10. The van der Waals surface area contributed by atoms with Crippen molar-refractivity contribution in [3.63, 3.8) is 0 Å². The molecule has 1 heterocycles. The van der Waals surface area contributed by atoms with Crippen molar-refractivity contribution in [2.45, 2.75) is 231 Å². The van der Waals surface area contributed by atoms with E-state index in [1.807, 2.05) is 27.7 Å². The van der Waals surface area contributed by atoms with E-state index in [2.05, 4.69) is 44.1 Å². The Bertz CT molecular complexity index is 2270. The SMILES string of the molecule is CCCCCCC[C@@H](O)CC(=O)C[C@H](CCN)C(=O)N[C@H]1CCNC(=O)[C@H](CC(C)C)NC(=O)[C@H](CCN)NC(=O)[C@H](CCCC(=O)[C@@H](N)CCCCC(=N)N)NC(=O)[C@H](CC(C)C)NC(=O)[C@@H](Cc2ccccc2)NC(=O)[C@H](CCN)CC1=O. The van der Waals surface area contributed by atoms with Gasteiger partial charge in [-0.3, -0.25) is 53.4 Å². The number of carbonyl (C=O) groups excluding carboxylic acids is 10. The average Bonchev–Trinajstić information content (AvgIpc) is 3.65. The Balaban J connectivity index is 2.72. The minimum atomic E-state index is -1.38. The second-order valence-corrected chi connectivity index (χ2v) is 23.7. The van der Waals surface area contributed by atoms with Crippen LogP contribution in [0.1, 0.15) is 181 Å². The second-order valence-electron chi connectivity index (χ2n) is 23.7. The number of benzene rings is 1. The van der Waals surface area contributed by atoms with Gasteiger partial charge in [0.15, 0.2) is 5.78 Å². The number of aliphatic hydroxyl groups is 1. The highest BCUT2D eigenvalue weighted by Crippen LogP contribution is 2.19. The molecule has 480 valence electrons. The third-order valence-electron chi connectivity index (χ3n) is 15.1. The zero-order chi connectivity index (χ0) is 63.4.